The van der Waals surface area contributed by atoms with Gasteiger partial charge in [0.1, 0.15) is 0 Å². The summed E-state index contributed by atoms with van der Waals surface area (Å²) in [7, 11) is 0. The summed E-state index contributed by atoms with van der Waals surface area (Å²) in [6.45, 7) is 4.19. The second-order valence-corrected chi connectivity index (χ2v) is 5.56. The van der Waals surface area contributed by atoms with Crippen LogP contribution in [0.1, 0.15) is 25.3 Å². The number of carbonyl (C=O) groups is 1. The Hall–Kier alpha value is -0.580. The number of rotatable bonds is 4. The molecule has 1 aliphatic rings. The first kappa shape index (κ1) is 15.5. The summed E-state index contributed by atoms with van der Waals surface area (Å²) in [5.41, 5.74) is 1.26. The highest BCUT2D eigenvalue weighted by Crippen LogP contribution is 2.12. The molecule has 0 bridgehead atoms. The van der Waals surface area contributed by atoms with Gasteiger partial charge in [-0.1, -0.05) is 6.92 Å². The van der Waals surface area contributed by atoms with Crippen molar-refractivity contribution in [2.75, 3.05) is 13.1 Å². The maximum Gasteiger partial charge on any atom is 0.220 e. The molecular formula is C13H21ClN2OS. The lowest BCUT2D eigenvalue weighted by molar-refractivity contribution is -0.122. The molecule has 2 unspecified atom stereocenters. The smallest absolute Gasteiger partial charge is 0.220 e. The minimum absolute atomic E-state index is 0. The Morgan fingerprint density at radius 1 is 1.61 bits per heavy atom. The van der Waals surface area contributed by atoms with Crippen molar-refractivity contribution in [3.05, 3.63) is 22.4 Å². The largest absolute Gasteiger partial charge is 0.352 e. The molecule has 2 N–H and O–H groups in total. The highest BCUT2D eigenvalue weighted by Gasteiger charge is 2.22. The van der Waals surface area contributed by atoms with Crippen molar-refractivity contribution >= 4 is 29.7 Å². The molecule has 1 aliphatic heterocycles. The van der Waals surface area contributed by atoms with Gasteiger partial charge in [-0.2, -0.15) is 11.3 Å². The third-order valence-electron chi connectivity index (χ3n) is 3.39. The van der Waals surface area contributed by atoms with Gasteiger partial charge >= 0.3 is 0 Å². The van der Waals surface area contributed by atoms with Crippen LogP contribution in [0.5, 0.6) is 0 Å². The SMILES string of the molecule is CC1CCNCC1NC(=O)CCc1ccsc1.Cl. The summed E-state index contributed by atoms with van der Waals surface area (Å²) in [6.07, 6.45) is 2.60. The molecule has 5 heteroatoms. The predicted octanol–water partition coefficient (Wildman–Crippen LogP) is 2.22. The van der Waals surface area contributed by atoms with Crippen molar-refractivity contribution in [1.29, 1.82) is 0 Å². The molecule has 0 spiro atoms. The second kappa shape index (κ2) is 7.77. The molecule has 3 nitrogen and oxygen atoms in total. The summed E-state index contributed by atoms with van der Waals surface area (Å²) in [6, 6.07) is 2.39. The normalized spacial score (nSPS) is 23.2. The molecule has 1 fully saturated rings. The molecule has 102 valence electrons. The Balaban J connectivity index is 0.00000162. The zero-order valence-corrected chi connectivity index (χ0v) is 12.3. The van der Waals surface area contributed by atoms with Crippen LogP contribution in [0, 0.1) is 5.92 Å². The minimum atomic E-state index is 0. The van der Waals surface area contributed by atoms with Crippen molar-refractivity contribution in [1.82, 2.24) is 10.6 Å². The molecule has 1 aromatic rings. The van der Waals surface area contributed by atoms with Gasteiger partial charge in [0.2, 0.25) is 5.91 Å². The summed E-state index contributed by atoms with van der Waals surface area (Å²) < 4.78 is 0. The van der Waals surface area contributed by atoms with Gasteiger partial charge in [0.25, 0.3) is 0 Å². The molecule has 0 aliphatic carbocycles. The number of carbonyl (C=O) groups excluding carboxylic acids is 1. The van der Waals surface area contributed by atoms with Gasteiger partial charge in [0, 0.05) is 19.0 Å². The van der Waals surface area contributed by atoms with Gasteiger partial charge in [-0.25, -0.2) is 0 Å². The predicted molar refractivity (Wildman–Crippen MR) is 78.5 cm³/mol. The fourth-order valence-corrected chi connectivity index (χ4v) is 2.86. The van der Waals surface area contributed by atoms with E-state index < -0.39 is 0 Å². The first-order valence-electron chi connectivity index (χ1n) is 6.27. The van der Waals surface area contributed by atoms with E-state index >= 15 is 0 Å². The van der Waals surface area contributed by atoms with Crippen LogP contribution in [-0.2, 0) is 11.2 Å². The van der Waals surface area contributed by atoms with E-state index in [-0.39, 0.29) is 18.3 Å². The number of nitrogens with one attached hydrogen (secondary N) is 2. The second-order valence-electron chi connectivity index (χ2n) is 4.78. The molecule has 2 rings (SSSR count). The summed E-state index contributed by atoms with van der Waals surface area (Å²) >= 11 is 1.69. The van der Waals surface area contributed by atoms with Crippen molar-refractivity contribution < 1.29 is 4.79 Å². The highest BCUT2D eigenvalue weighted by molar-refractivity contribution is 7.07. The van der Waals surface area contributed by atoms with Crippen molar-refractivity contribution in [3.8, 4) is 0 Å². The number of hydrogen-bond donors (Lipinski definition) is 2. The Morgan fingerprint density at radius 3 is 3.11 bits per heavy atom. The van der Waals surface area contributed by atoms with Crippen molar-refractivity contribution in [3.63, 3.8) is 0 Å². The van der Waals surface area contributed by atoms with Crippen LogP contribution in [-0.4, -0.2) is 25.0 Å². The summed E-state index contributed by atoms with van der Waals surface area (Å²) in [5, 5.41) is 10.6. The molecule has 0 saturated carbocycles. The van der Waals surface area contributed by atoms with Gasteiger partial charge in [-0.05, 0) is 47.7 Å². The number of hydrogen-bond acceptors (Lipinski definition) is 3. The average Bonchev–Trinajstić information content (AvgIpc) is 2.82. The third kappa shape index (κ3) is 4.59. The van der Waals surface area contributed by atoms with E-state index in [1.165, 1.54) is 5.56 Å². The standard InChI is InChI=1S/C13H20N2OS.ClH/c1-10-4-6-14-8-12(10)15-13(16)3-2-11-5-7-17-9-11;/h5,7,9-10,12,14H,2-4,6,8H2,1H3,(H,15,16);1H. The monoisotopic (exact) mass is 288 g/mol. The van der Waals surface area contributed by atoms with E-state index in [2.05, 4.69) is 34.4 Å². The third-order valence-corrected chi connectivity index (χ3v) is 4.13. The van der Waals surface area contributed by atoms with Gasteiger partial charge in [-0.3, -0.25) is 4.79 Å². The molecule has 0 aromatic carbocycles. The van der Waals surface area contributed by atoms with Crippen molar-refractivity contribution in [2.24, 2.45) is 5.92 Å². The maximum absolute atomic E-state index is 11.8. The van der Waals surface area contributed by atoms with E-state index in [1.807, 2.05) is 0 Å². The van der Waals surface area contributed by atoms with Gasteiger partial charge < -0.3 is 10.6 Å². The number of halogens is 1. The molecule has 2 heterocycles. The maximum atomic E-state index is 11.8. The zero-order chi connectivity index (χ0) is 12.1. The van der Waals surface area contributed by atoms with Crippen molar-refractivity contribution in [2.45, 2.75) is 32.2 Å². The van der Waals surface area contributed by atoms with Crippen LogP contribution < -0.4 is 10.6 Å². The molecule has 1 amide bonds. The number of aryl methyl sites for hydroxylation is 1. The molecule has 2 atom stereocenters. The van der Waals surface area contributed by atoms with E-state index in [0.29, 0.717) is 18.4 Å². The molecule has 1 saturated heterocycles. The van der Waals surface area contributed by atoms with Crippen LogP contribution in [0.3, 0.4) is 0 Å². The van der Waals surface area contributed by atoms with E-state index in [9.17, 15) is 4.79 Å². The molecule has 0 radical (unpaired) electrons. The minimum Gasteiger partial charge on any atom is -0.352 e. The summed E-state index contributed by atoms with van der Waals surface area (Å²) in [5.74, 6) is 0.762. The molecular weight excluding hydrogens is 268 g/mol. The van der Waals surface area contributed by atoms with Crippen LogP contribution in [0.25, 0.3) is 0 Å². The van der Waals surface area contributed by atoms with Gasteiger partial charge in [0.05, 0.1) is 0 Å². The average molecular weight is 289 g/mol. The highest BCUT2D eigenvalue weighted by atomic mass is 35.5. The Morgan fingerprint density at radius 2 is 2.44 bits per heavy atom. The first-order valence-corrected chi connectivity index (χ1v) is 7.21. The Kier molecular flexibility index (Phi) is 6.68. The lowest BCUT2D eigenvalue weighted by Crippen LogP contribution is -2.50. The zero-order valence-electron chi connectivity index (χ0n) is 10.6. The first-order chi connectivity index (χ1) is 8.25. The summed E-state index contributed by atoms with van der Waals surface area (Å²) in [4.78, 5) is 11.8. The molecule has 1 aromatic heterocycles. The fourth-order valence-electron chi connectivity index (χ4n) is 2.15. The fraction of sp³-hybridized carbons (Fsp3) is 0.615. The van der Waals surface area contributed by atoms with Crippen LogP contribution >= 0.6 is 23.7 Å². The number of thiophene rings is 1. The van der Waals surface area contributed by atoms with Crippen LogP contribution in [0.15, 0.2) is 16.8 Å². The van der Waals surface area contributed by atoms with E-state index in [1.54, 1.807) is 11.3 Å². The Bertz CT molecular complexity index is 356. The van der Waals surface area contributed by atoms with Crippen LogP contribution in [0.2, 0.25) is 0 Å². The van der Waals surface area contributed by atoms with E-state index in [4.69, 9.17) is 0 Å². The lowest BCUT2D eigenvalue weighted by Gasteiger charge is -2.30. The number of amides is 1. The van der Waals surface area contributed by atoms with E-state index in [0.717, 1.165) is 25.9 Å². The molecule has 18 heavy (non-hydrogen) atoms. The van der Waals surface area contributed by atoms with Gasteiger partial charge in [-0.15, -0.1) is 12.4 Å². The van der Waals surface area contributed by atoms with Gasteiger partial charge in [0.15, 0.2) is 0 Å². The quantitative estimate of drug-likeness (QED) is 0.892. The van der Waals surface area contributed by atoms with Crippen LogP contribution in [0.4, 0.5) is 0 Å². The topological polar surface area (TPSA) is 41.1 Å². The number of piperidine rings is 1. The Labute approximate surface area is 119 Å². The lowest BCUT2D eigenvalue weighted by atomic mass is 9.94.